The smallest absolute Gasteiger partial charge is 0.157 e. The molecule has 0 radical (unpaired) electrons. The van der Waals surface area contributed by atoms with Crippen molar-refractivity contribution in [3.63, 3.8) is 0 Å². The van der Waals surface area contributed by atoms with Gasteiger partial charge in [-0.05, 0) is 48.7 Å². The Kier molecular flexibility index (Phi) is 4.76. The van der Waals surface area contributed by atoms with Crippen LogP contribution in [0, 0.1) is 5.92 Å². The highest BCUT2D eigenvalue weighted by atomic mass is 16.1. The van der Waals surface area contributed by atoms with Gasteiger partial charge in [-0.2, -0.15) is 0 Å². The Labute approximate surface area is 172 Å². The predicted octanol–water partition coefficient (Wildman–Crippen LogP) is 4.49. The number of carbonyl (C=O) groups is 1. The van der Waals surface area contributed by atoms with Crippen molar-refractivity contribution in [3.8, 4) is 0 Å². The lowest BCUT2D eigenvalue weighted by molar-refractivity contribution is -0.149. The lowest BCUT2D eigenvalue weighted by atomic mass is 9.61. The number of Topliss-reactive ketones (excluding diaryl/α,β-unsaturated/α-hetero) is 1. The van der Waals surface area contributed by atoms with E-state index >= 15 is 0 Å². The maximum atomic E-state index is 14.0. The molecule has 146 valence electrons. The first-order valence-corrected chi connectivity index (χ1v) is 10.6. The number of fused-ring (bicyclic) bond motifs is 3. The van der Waals surface area contributed by atoms with Gasteiger partial charge in [0.25, 0.3) is 0 Å². The number of rotatable bonds is 5. The molecular weight excluding hydrogens is 356 g/mol. The number of ketones is 1. The van der Waals surface area contributed by atoms with Crippen LogP contribution in [0.4, 0.5) is 0 Å². The minimum atomic E-state index is -0.563. The third-order valence-corrected chi connectivity index (χ3v) is 6.80. The van der Waals surface area contributed by atoms with Crippen molar-refractivity contribution in [1.82, 2.24) is 9.88 Å². The summed E-state index contributed by atoms with van der Waals surface area (Å²) in [4.78, 5) is 20.9. The summed E-state index contributed by atoms with van der Waals surface area (Å²) in [7, 11) is 0. The number of carbonyl (C=O) groups excluding carboxylic acids is 1. The molecule has 3 heteroatoms. The van der Waals surface area contributed by atoms with Gasteiger partial charge in [0.2, 0.25) is 0 Å². The number of benzene rings is 2. The molecule has 0 aliphatic carbocycles. The number of aromatic nitrogens is 1. The van der Waals surface area contributed by atoms with Crippen LogP contribution in [-0.2, 0) is 11.2 Å². The summed E-state index contributed by atoms with van der Waals surface area (Å²) >= 11 is 0. The largest absolute Gasteiger partial charge is 0.297 e. The molecule has 29 heavy (non-hydrogen) atoms. The van der Waals surface area contributed by atoms with Gasteiger partial charge in [-0.3, -0.25) is 14.7 Å². The average molecular weight is 383 g/mol. The maximum Gasteiger partial charge on any atom is 0.157 e. The fourth-order valence-corrected chi connectivity index (χ4v) is 5.52. The molecule has 1 unspecified atom stereocenters. The lowest BCUT2D eigenvalue weighted by Gasteiger charge is -2.56. The first kappa shape index (κ1) is 18.3. The van der Waals surface area contributed by atoms with Gasteiger partial charge in [-0.1, -0.05) is 66.7 Å². The fraction of sp³-hybridized carbons (Fsp3) is 0.308. The quantitative estimate of drug-likeness (QED) is 0.652. The molecule has 0 saturated carbocycles. The summed E-state index contributed by atoms with van der Waals surface area (Å²) in [5.41, 5.74) is 2.99. The van der Waals surface area contributed by atoms with E-state index in [0.717, 1.165) is 31.5 Å². The Morgan fingerprint density at radius 1 is 0.897 bits per heavy atom. The molecule has 6 rings (SSSR count). The number of piperidine rings is 3. The molecule has 3 fully saturated rings. The zero-order valence-electron chi connectivity index (χ0n) is 16.6. The van der Waals surface area contributed by atoms with Crippen LogP contribution in [0.25, 0.3) is 0 Å². The lowest BCUT2D eigenvalue weighted by Crippen LogP contribution is -2.68. The zero-order valence-corrected chi connectivity index (χ0v) is 16.6. The highest BCUT2D eigenvalue weighted by molar-refractivity contribution is 5.94. The standard InChI is InChI=1S/C26H26N2O/c29-25-23-13-16-28(17-14-23)26(25,18-20-8-7-15-27-19-20)24(21-9-3-1-4-10-21)22-11-5-2-6-12-22/h1-12,15,19,23-24H,13-14,16-18H2. The van der Waals surface area contributed by atoms with E-state index in [9.17, 15) is 4.79 Å². The zero-order chi connectivity index (χ0) is 19.7. The van der Waals surface area contributed by atoms with E-state index < -0.39 is 5.54 Å². The van der Waals surface area contributed by atoms with Gasteiger partial charge in [0.15, 0.2) is 5.78 Å². The Bertz CT molecular complexity index is 926. The average Bonchev–Trinajstić information content (AvgIpc) is 2.79. The van der Waals surface area contributed by atoms with Crippen molar-refractivity contribution in [1.29, 1.82) is 0 Å². The number of nitrogens with zero attached hydrogens (tertiary/aromatic N) is 2. The van der Waals surface area contributed by atoms with E-state index in [1.807, 2.05) is 12.3 Å². The van der Waals surface area contributed by atoms with Crippen molar-refractivity contribution < 1.29 is 4.79 Å². The van der Waals surface area contributed by atoms with Crippen molar-refractivity contribution in [2.75, 3.05) is 13.1 Å². The van der Waals surface area contributed by atoms with E-state index in [1.54, 1.807) is 6.20 Å². The van der Waals surface area contributed by atoms with Crippen LogP contribution in [-0.4, -0.2) is 34.3 Å². The first-order valence-electron chi connectivity index (χ1n) is 10.6. The third kappa shape index (κ3) is 3.10. The molecule has 1 aromatic heterocycles. The summed E-state index contributed by atoms with van der Waals surface area (Å²) in [6.07, 6.45) is 6.40. The minimum Gasteiger partial charge on any atom is -0.297 e. The molecule has 0 spiro atoms. The van der Waals surface area contributed by atoms with Crippen LogP contribution >= 0.6 is 0 Å². The van der Waals surface area contributed by atoms with Gasteiger partial charge in [-0.25, -0.2) is 0 Å². The second-order valence-electron chi connectivity index (χ2n) is 8.34. The topological polar surface area (TPSA) is 33.2 Å². The third-order valence-electron chi connectivity index (χ3n) is 6.80. The molecule has 0 amide bonds. The van der Waals surface area contributed by atoms with Crippen molar-refractivity contribution in [2.24, 2.45) is 5.92 Å². The predicted molar refractivity (Wildman–Crippen MR) is 115 cm³/mol. The molecule has 1 atom stereocenters. The van der Waals surface area contributed by atoms with E-state index in [-0.39, 0.29) is 11.8 Å². The summed E-state index contributed by atoms with van der Waals surface area (Å²) in [5.74, 6) is 0.587. The van der Waals surface area contributed by atoms with E-state index in [2.05, 4.69) is 76.6 Å². The Balaban J connectivity index is 1.72. The van der Waals surface area contributed by atoms with Crippen LogP contribution in [0.3, 0.4) is 0 Å². The van der Waals surface area contributed by atoms with Gasteiger partial charge in [0.05, 0.1) is 5.54 Å². The summed E-state index contributed by atoms with van der Waals surface area (Å²) in [6, 6.07) is 25.3. The fourth-order valence-electron chi connectivity index (χ4n) is 5.52. The molecule has 3 nitrogen and oxygen atoms in total. The number of hydrogen-bond donors (Lipinski definition) is 0. The van der Waals surface area contributed by atoms with Crippen LogP contribution in [0.1, 0.15) is 35.4 Å². The molecule has 2 bridgehead atoms. The van der Waals surface area contributed by atoms with Gasteiger partial charge in [0.1, 0.15) is 0 Å². The highest BCUT2D eigenvalue weighted by Gasteiger charge is 2.57. The van der Waals surface area contributed by atoms with E-state index in [1.165, 1.54) is 11.1 Å². The van der Waals surface area contributed by atoms with Crippen molar-refractivity contribution >= 4 is 5.78 Å². The van der Waals surface area contributed by atoms with Crippen LogP contribution in [0.15, 0.2) is 85.2 Å². The number of pyridine rings is 1. The summed E-state index contributed by atoms with van der Waals surface area (Å²) in [6.45, 7) is 1.99. The van der Waals surface area contributed by atoms with Crippen LogP contribution < -0.4 is 0 Å². The van der Waals surface area contributed by atoms with Crippen molar-refractivity contribution in [2.45, 2.75) is 30.7 Å². The Morgan fingerprint density at radius 3 is 2.03 bits per heavy atom. The Morgan fingerprint density at radius 2 is 1.52 bits per heavy atom. The normalized spacial score (nSPS) is 26.0. The molecule has 3 aliphatic heterocycles. The van der Waals surface area contributed by atoms with Crippen molar-refractivity contribution in [3.05, 3.63) is 102 Å². The molecule has 4 heterocycles. The van der Waals surface area contributed by atoms with Gasteiger partial charge >= 0.3 is 0 Å². The van der Waals surface area contributed by atoms with Gasteiger partial charge in [0, 0.05) is 30.7 Å². The molecule has 3 saturated heterocycles. The summed E-state index contributed by atoms with van der Waals surface area (Å²) < 4.78 is 0. The van der Waals surface area contributed by atoms with E-state index in [4.69, 9.17) is 0 Å². The SMILES string of the molecule is O=C1C2CCN(CC2)C1(Cc1cccnc1)C(c1ccccc1)c1ccccc1. The molecule has 2 aromatic carbocycles. The van der Waals surface area contributed by atoms with Crippen LogP contribution in [0.2, 0.25) is 0 Å². The van der Waals surface area contributed by atoms with E-state index in [0.29, 0.717) is 12.2 Å². The molecular formula is C26H26N2O. The first-order chi connectivity index (χ1) is 14.3. The molecule has 0 N–H and O–H groups in total. The minimum absolute atomic E-state index is 0.000654. The summed E-state index contributed by atoms with van der Waals surface area (Å²) in [5, 5.41) is 0. The monoisotopic (exact) mass is 382 g/mol. The van der Waals surface area contributed by atoms with Gasteiger partial charge in [-0.15, -0.1) is 0 Å². The maximum absolute atomic E-state index is 14.0. The molecule has 3 aromatic rings. The highest BCUT2D eigenvalue weighted by Crippen LogP contribution is 2.49. The van der Waals surface area contributed by atoms with Gasteiger partial charge < -0.3 is 0 Å². The van der Waals surface area contributed by atoms with Crippen LogP contribution in [0.5, 0.6) is 0 Å². The second-order valence-corrected chi connectivity index (χ2v) is 8.34. The number of hydrogen-bond acceptors (Lipinski definition) is 3. The molecule has 3 aliphatic rings. The Hall–Kier alpha value is -2.78. The second kappa shape index (κ2) is 7.57.